The lowest BCUT2D eigenvalue weighted by molar-refractivity contribution is -0.117. The molecule has 1 aromatic carbocycles. The van der Waals surface area contributed by atoms with E-state index in [0.717, 1.165) is 11.0 Å². The quantitative estimate of drug-likeness (QED) is 0.664. The SMILES string of the molecule is Cc1nc(C)c(C(=O)C2=C(O)C(=O)N(c3cccc(F)c3)C2c2ccco2)s1. The van der Waals surface area contributed by atoms with Gasteiger partial charge in [0.15, 0.2) is 5.76 Å². The van der Waals surface area contributed by atoms with Gasteiger partial charge in [-0.05, 0) is 44.2 Å². The van der Waals surface area contributed by atoms with Gasteiger partial charge in [0, 0.05) is 5.69 Å². The average Bonchev–Trinajstić information content (AvgIpc) is 3.34. The van der Waals surface area contributed by atoms with E-state index in [4.69, 9.17) is 4.42 Å². The van der Waals surface area contributed by atoms with Crippen LogP contribution in [0.15, 0.2) is 58.4 Å². The molecule has 0 bridgehead atoms. The van der Waals surface area contributed by atoms with Gasteiger partial charge in [-0.15, -0.1) is 11.3 Å². The number of hydrogen-bond donors (Lipinski definition) is 1. The summed E-state index contributed by atoms with van der Waals surface area (Å²) in [5, 5.41) is 11.3. The van der Waals surface area contributed by atoms with E-state index in [1.807, 2.05) is 0 Å². The lowest BCUT2D eigenvalue weighted by Gasteiger charge is -2.24. The summed E-state index contributed by atoms with van der Waals surface area (Å²) >= 11 is 1.18. The molecule has 142 valence electrons. The van der Waals surface area contributed by atoms with Crippen LogP contribution >= 0.6 is 11.3 Å². The van der Waals surface area contributed by atoms with Gasteiger partial charge in [-0.25, -0.2) is 9.37 Å². The van der Waals surface area contributed by atoms with Crippen LogP contribution < -0.4 is 4.90 Å². The molecule has 8 heteroatoms. The van der Waals surface area contributed by atoms with Crippen molar-refractivity contribution in [2.75, 3.05) is 4.90 Å². The highest BCUT2D eigenvalue weighted by Crippen LogP contribution is 2.42. The molecule has 0 saturated heterocycles. The highest BCUT2D eigenvalue weighted by atomic mass is 32.1. The van der Waals surface area contributed by atoms with Gasteiger partial charge in [-0.2, -0.15) is 0 Å². The van der Waals surface area contributed by atoms with Crippen LogP contribution in [0.2, 0.25) is 0 Å². The molecule has 1 unspecified atom stereocenters. The fraction of sp³-hybridized carbons (Fsp3) is 0.150. The van der Waals surface area contributed by atoms with Gasteiger partial charge in [0.1, 0.15) is 17.6 Å². The molecule has 0 aliphatic carbocycles. The number of furan rings is 1. The molecule has 1 N–H and O–H groups in total. The lowest BCUT2D eigenvalue weighted by Crippen LogP contribution is -2.30. The Bertz CT molecular complexity index is 1120. The van der Waals surface area contributed by atoms with Crippen LogP contribution in [-0.2, 0) is 4.79 Å². The van der Waals surface area contributed by atoms with Crippen molar-refractivity contribution in [2.45, 2.75) is 19.9 Å². The number of aliphatic hydroxyl groups is 1. The van der Waals surface area contributed by atoms with Gasteiger partial charge >= 0.3 is 0 Å². The second kappa shape index (κ2) is 6.72. The molecule has 2 aromatic heterocycles. The van der Waals surface area contributed by atoms with Crippen molar-refractivity contribution in [1.82, 2.24) is 4.98 Å². The maximum atomic E-state index is 13.8. The Labute approximate surface area is 163 Å². The van der Waals surface area contributed by atoms with Gasteiger partial charge in [0.25, 0.3) is 5.91 Å². The third-order valence-corrected chi connectivity index (χ3v) is 5.53. The predicted molar refractivity (Wildman–Crippen MR) is 101 cm³/mol. The van der Waals surface area contributed by atoms with Crippen LogP contribution in [-0.4, -0.2) is 21.8 Å². The fourth-order valence-corrected chi connectivity index (χ4v) is 4.18. The average molecular weight is 398 g/mol. The lowest BCUT2D eigenvalue weighted by atomic mass is 9.99. The Hall–Kier alpha value is -3.26. The summed E-state index contributed by atoms with van der Waals surface area (Å²) in [6.07, 6.45) is 1.41. The molecule has 0 spiro atoms. The largest absolute Gasteiger partial charge is 0.503 e. The number of anilines is 1. The van der Waals surface area contributed by atoms with Gasteiger partial charge in [0.2, 0.25) is 5.78 Å². The zero-order valence-corrected chi connectivity index (χ0v) is 15.8. The molecule has 0 fully saturated rings. The number of hydrogen-bond acceptors (Lipinski definition) is 6. The minimum atomic E-state index is -1.02. The minimum absolute atomic E-state index is 0.115. The number of rotatable bonds is 4. The molecule has 0 radical (unpaired) electrons. The number of halogens is 1. The summed E-state index contributed by atoms with van der Waals surface area (Å²) in [7, 11) is 0. The fourth-order valence-electron chi connectivity index (χ4n) is 3.31. The molecule has 1 aliphatic heterocycles. The molecule has 3 aromatic rings. The first-order valence-electron chi connectivity index (χ1n) is 8.43. The number of benzene rings is 1. The van der Waals surface area contributed by atoms with E-state index < -0.39 is 29.3 Å². The van der Waals surface area contributed by atoms with E-state index >= 15 is 0 Å². The van der Waals surface area contributed by atoms with Gasteiger partial charge in [-0.3, -0.25) is 14.5 Å². The topological polar surface area (TPSA) is 83.6 Å². The molecule has 6 nitrogen and oxygen atoms in total. The first-order valence-corrected chi connectivity index (χ1v) is 9.24. The number of thiazole rings is 1. The summed E-state index contributed by atoms with van der Waals surface area (Å²) in [6, 6.07) is 7.58. The maximum absolute atomic E-state index is 13.8. The summed E-state index contributed by atoms with van der Waals surface area (Å²) < 4.78 is 19.2. The van der Waals surface area contributed by atoms with E-state index in [0.29, 0.717) is 15.6 Å². The van der Waals surface area contributed by atoms with E-state index in [1.165, 1.54) is 35.8 Å². The molecule has 3 heterocycles. The van der Waals surface area contributed by atoms with Gasteiger partial charge in [0.05, 0.1) is 27.4 Å². The number of carbonyl (C=O) groups excluding carboxylic acids is 2. The molecule has 1 amide bonds. The number of carbonyl (C=O) groups is 2. The Morgan fingerprint density at radius 1 is 1.29 bits per heavy atom. The maximum Gasteiger partial charge on any atom is 0.294 e. The van der Waals surface area contributed by atoms with Crippen LogP contribution in [0.25, 0.3) is 0 Å². The smallest absolute Gasteiger partial charge is 0.294 e. The molecule has 1 atom stereocenters. The van der Waals surface area contributed by atoms with Crippen molar-refractivity contribution in [3.05, 3.63) is 81.1 Å². The number of ketones is 1. The van der Waals surface area contributed by atoms with Crippen LogP contribution in [0.1, 0.15) is 32.2 Å². The van der Waals surface area contributed by atoms with E-state index in [9.17, 15) is 19.1 Å². The zero-order chi connectivity index (χ0) is 20.0. The Morgan fingerprint density at radius 2 is 2.07 bits per heavy atom. The number of amides is 1. The Kier molecular flexibility index (Phi) is 4.35. The standard InChI is InChI=1S/C20H15FN2O4S/c1-10-19(28-11(2)22-10)17(24)15-16(14-7-4-8-27-14)23(20(26)18(15)25)13-6-3-5-12(21)9-13/h3-9,16,25H,1-2H3. The number of aryl methyl sites for hydroxylation is 2. The van der Waals surface area contributed by atoms with Crippen LogP contribution in [0.4, 0.5) is 10.1 Å². The summed E-state index contributed by atoms with van der Waals surface area (Å²) in [5.41, 5.74) is 0.608. The summed E-state index contributed by atoms with van der Waals surface area (Å²) in [4.78, 5) is 31.8. The number of Topliss-reactive ketones (excluding diaryl/α,β-unsaturated/α-hetero) is 1. The molecular formula is C20H15FN2O4S. The molecule has 0 saturated carbocycles. The monoisotopic (exact) mass is 398 g/mol. The summed E-state index contributed by atoms with van der Waals surface area (Å²) in [5.74, 6) is -2.25. The highest BCUT2D eigenvalue weighted by molar-refractivity contribution is 7.14. The van der Waals surface area contributed by atoms with Crippen molar-refractivity contribution < 1.29 is 23.5 Å². The van der Waals surface area contributed by atoms with Crippen molar-refractivity contribution in [1.29, 1.82) is 0 Å². The normalized spacial score (nSPS) is 16.9. The van der Waals surface area contributed by atoms with E-state index in [-0.39, 0.29) is 17.0 Å². The first kappa shape index (κ1) is 18.1. The molecule has 28 heavy (non-hydrogen) atoms. The third-order valence-electron chi connectivity index (χ3n) is 4.46. The van der Waals surface area contributed by atoms with E-state index in [2.05, 4.69) is 4.98 Å². The van der Waals surface area contributed by atoms with Crippen LogP contribution in [0, 0.1) is 19.7 Å². The number of aliphatic hydroxyl groups excluding tert-OH is 1. The molecular weight excluding hydrogens is 383 g/mol. The van der Waals surface area contributed by atoms with Crippen molar-refractivity contribution in [3.63, 3.8) is 0 Å². The Balaban J connectivity index is 1.88. The van der Waals surface area contributed by atoms with Crippen molar-refractivity contribution in [2.24, 2.45) is 0 Å². The minimum Gasteiger partial charge on any atom is -0.503 e. The zero-order valence-electron chi connectivity index (χ0n) is 15.0. The second-order valence-electron chi connectivity index (χ2n) is 6.31. The third kappa shape index (κ3) is 2.82. The van der Waals surface area contributed by atoms with Crippen LogP contribution in [0.5, 0.6) is 0 Å². The Morgan fingerprint density at radius 3 is 2.68 bits per heavy atom. The van der Waals surface area contributed by atoms with Crippen molar-refractivity contribution in [3.8, 4) is 0 Å². The molecule has 1 aliphatic rings. The number of nitrogens with zero attached hydrogens (tertiary/aromatic N) is 2. The second-order valence-corrected chi connectivity index (χ2v) is 7.52. The first-order chi connectivity index (χ1) is 13.4. The van der Waals surface area contributed by atoms with Crippen molar-refractivity contribution >= 4 is 28.7 Å². The number of aromatic nitrogens is 1. The van der Waals surface area contributed by atoms with Crippen LogP contribution in [0.3, 0.4) is 0 Å². The summed E-state index contributed by atoms with van der Waals surface area (Å²) in [6.45, 7) is 3.46. The van der Waals surface area contributed by atoms with E-state index in [1.54, 1.807) is 26.0 Å². The predicted octanol–water partition coefficient (Wildman–Crippen LogP) is 4.27. The highest BCUT2D eigenvalue weighted by Gasteiger charge is 2.46. The van der Waals surface area contributed by atoms with Gasteiger partial charge < -0.3 is 9.52 Å². The molecule has 4 rings (SSSR count). The van der Waals surface area contributed by atoms with Gasteiger partial charge in [-0.1, -0.05) is 6.07 Å².